The van der Waals surface area contributed by atoms with Crippen molar-refractivity contribution in [1.29, 1.82) is 0 Å². The monoisotopic (exact) mass is 476 g/mol. The molecule has 9 heteroatoms. The lowest BCUT2D eigenvalue weighted by atomic mass is 9.85. The minimum Gasteiger partial charge on any atom is -0.482 e. The van der Waals surface area contributed by atoms with Gasteiger partial charge in [-0.05, 0) is 79.3 Å². The average molecular weight is 477 g/mol. The summed E-state index contributed by atoms with van der Waals surface area (Å²) in [5, 5.41) is 22.2. The van der Waals surface area contributed by atoms with Crippen LogP contribution in [0.3, 0.4) is 0 Å². The number of esters is 1. The van der Waals surface area contributed by atoms with Gasteiger partial charge in [0.15, 0.2) is 6.61 Å². The van der Waals surface area contributed by atoms with E-state index in [0.717, 1.165) is 37.8 Å². The third-order valence-corrected chi connectivity index (χ3v) is 7.42. The first-order valence-electron chi connectivity index (χ1n) is 11.1. The second kappa shape index (κ2) is 9.06. The maximum atomic E-state index is 12.3. The summed E-state index contributed by atoms with van der Waals surface area (Å²) in [7, 11) is -4.33. The fraction of sp³-hybridized carbons (Fsp3) is 0.458. The molecule has 0 unspecified atom stereocenters. The van der Waals surface area contributed by atoms with Gasteiger partial charge in [-0.15, -0.1) is 0 Å². The van der Waals surface area contributed by atoms with Gasteiger partial charge in [0, 0.05) is 0 Å². The summed E-state index contributed by atoms with van der Waals surface area (Å²) in [6, 6.07) is 10.0. The first kappa shape index (κ1) is 23.7. The Kier molecular flexibility index (Phi) is 6.50. The number of benzene rings is 2. The highest BCUT2D eigenvalue weighted by Crippen LogP contribution is 2.44. The molecule has 0 saturated heterocycles. The zero-order valence-electron chi connectivity index (χ0n) is 18.2. The molecule has 2 fully saturated rings. The highest BCUT2D eigenvalue weighted by atomic mass is 32.2. The molecule has 4 rings (SSSR count). The van der Waals surface area contributed by atoms with E-state index in [2.05, 4.69) is 0 Å². The van der Waals surface area contributed by atoms with E-state index >= 15 is 0 Å². The van der Waals surface area contributed by atoms with Crippen molar-refractivity contribution in [2.45, 2.75) is 67.5 Å². The second-order valence-electron chi connectivity index (χ2n) is 8.93. The van der Waals surface area contributed by atoms with Crippen LogP contribution in [0.4, 0.5) is 0 Å². The summed E-state index contributed by atoms with van der Waals surface area (Å²) < 4.78 is 42.1. The minimum absolute atomic E-state index is 0.103. The highest BCUT2D eigenvalue weighted by Gasteiger charge is 2.38. The van der Waals surface area contributed by atoms with Gasteiger partial charge in [0.1, 0.15) is 11.5 Å². The summed E-state index contributed by atoms with van der Waals surface area (Å²) >= 11 is 0. The van der Waals surface area contributed by atoms with Crippen LogP contribution >= 0.6 is 0 Å². The lowest BCUT2D eigenvalue weighted by Gasteiger charge is -2.28. The first-order valence-corrected chi connectivity index (χ1v) is 12.5. The molecule has 178 valence electrons. The predicted molar refractivity (Wildman–Crippen MR) is 119 cm³/mol. The van der Waals surface area contributed by atoms with Crippen LogP contribution in [-0.2, 0) is 26.1 Å². The van der Waals surface area contributed by atoms with E-state index in [4.69, 9.17) is 14.0 Å². The SMILES string of the molecule is O=C(COc1cc(C2(O)CCCC2)cc(C2(O)CCCC2)c1)Oc1ccc(S(=O)(=O)O)cc1. The summed E-state index contributed by atoms with van der Waals surface area (Å²) in [5.41, 5.74) is -0.583. The number of carbonyl (C=O) groups is 1. The quantitative estimate of drug-likeness (QED) is 0.315. The Morgan fingerprint density at radius 1 is 0.818 bits per heavy atom. The van der Waals surface area contributed by atoms with Crippen molar-refractivity contribution < 1.29 is 37.5 Å². The predicted octanol–water partition coefficient (Wildman–Crippen LogP) is 3.44. The summed E-state index contributed by atoms with van der Waals surface area (Å²) in [6.07, 6.45) is 6.22. The molecule has 3 N–H and O–H groups in total. The highest BCUT2D eigenvalue weighted by molar-refractivity contribution is 7.85. The molecular formula is C24H28O8S. The summed E-state index contributed by atoms with van der Waals surface area (Å²) in [5.74, 6) is -0.242. The van der Waals surface area contributed by atoms with Crippen LogP contribution in [-0.4, -0.2) is 35.8 Å². The Morgan fingerprint density at radius 3 is 1.76 bits per heavy atom. The Hall–Kier alpha value is -2.46. The largest absolute Gasteiger partial charge is 0.482 e. The Bertz CT molecular complexity index is 1070. The maximum absolute atomic E-state index is 12.3. The second-order valence-corrected chi connectivity index (χ2v) is 10.4. The lowest BCUT2D eigenvalue weighted by molar-refractivity contribution is -0.136. The molecule has 0 aromatic heterocycles. The van der Waals surface area contributed by atoms with Gasteiger partial charge in [0.2, 0.25) is 0 Å². The van der Waals surface area contributed by atoms with Crippen LogP contribution in [0.5, 0.6) is 11.5 Å². The van der Waals surface area contributed by atoms with Crippen LogP contribution in [0.2, 0.25) is 0 Å². The normalized spacial score (nSPS) is 19.4. The van der Waals surface area contributed by atoms with Crippen LogP contribution in [0.1, 0.15) is 62.5 Å². The number of carbonyl (C=O) groups excluding carboxylic acids is 1. The molecule has 2 aromatic rings. The molecule has 0 heterocycles. The van der Waals surface area contributed by atoms with E-state index in [1.54, 1.807) is 12.1 Å². The van der Waals surface area contributed by atoms with Gasteiger partial charge in [-0.1, -0.05) is 25.7 Å². The molecule has 0 atom stereocenters. The van der Waals surface area contributed by atoms with Crippen LogP contribution < -0.4 is 9.47 Å². The number of rotatable bonds is 7. The number of ether oxygens (including phenoxy) is 2. The average Bonchev–Trinajstić information content (AvgIpc) is 3.42. The van der Waals surface area contributed by atoms with Crippen LogP contribution in [0.15, 0.2) is 47.4 Å². The van der Waals surface area contributed by atoms with Gasteiger partial charge in [-0.25, -0.2) is 4.79 Å². The van der Waals surface area contributed by atoms with E-state index in [9.17, 15) is 23.4 Å². The fourth-order valence-electron chi connectivity index (χ4n) is 4.70. The van der Waals surface area contributed by atoms with Gasteiger partial charge in [-0.2, -0.15) is 8.42 Å². The lowest BCUT2D eigenvalue weighted by Crippen LogP contribution is -2.25. The van der Waals surface area contributed by atoms with Crippen molar-refractivity contribution in [1.82, 2.24) is 0 Å². The Labute approximate surface area is 192 Å². The van der Waals surface area contributed by atoms with Gasteiger partial charge < -0.3 is 19.7 Å². The maximum Gasteiger partial charge on any atom is 0.349 e. The number of hydrogen-bond acceptors (Lipinski definition) is 7. The van der Waals surface area contributed by atoms with E-state index in [0.29, 0.717) is 42.6 Å². The van der Waals surface area contributed by atoms with Gasteiger partial charge >= 0.3 is 5.97 Å². The molecule has 2 aliphatic carbocycles. The molecule has 0 radical (unpaired) electrons. The summed E-state index contributed by atoms with van der Waals surface area (Å²) in [6.45, 7) is -0.417. The number of aliphatic hydroxyl groups is 2. The molecular weight excluding hydrogens is 448 g/mol. The Morgan fingerprint density at radius 2 is 1.30 bits per heavy atom. The van der Waals surface area contributed by atoms with Crippen molar-refractivity contribution in [3.8, 4) is 11.5 Å². The molecule has 33 heavy (non-hydrogen) atoms. The van der Waals surface area contributed by atoms with Crippen LogP contribution in [0, 0.1) is 0 Å². The van der Waals surface area contributed by atoms with E-state index < -0.39 is 33.9 Å². The van der Waals surface area contributed by atoms with Crippen molar-refractivity contribution in [3.63, 3.8) is 0 Å². The molecule has 2 aromatic carbocycles. The van der Waals surface area contributed by atoms with E-state index in [-0.39, 0.29) is 10.6 Å². The van der Waals surface area contributed by atoms with Crippen molar-refractivity contribution in [3.05, 3.63) is 53.6 Å². The summed E-state index contributed by atoms with van der Waals surface area (Å²) in [4.78, 5) is 12.0. The number of hydrogen-bond donors (Lipinski definition) is 3. The zero-order chi connectivity index (χ0) is 23.7. The third-order valence-electron chi connectivity index (χ3n) is 6.55. The molecule has 2 aliphatic rings. The topological polar surface area (TPSA) is 130 Å². The fourth-order valence-corrected chi connectivity index (χ4v) is 5.18. The van der Waals surface area contributed by atoms with Gasteiger partial charge in [0.25, 0.3) is 10.1 Å². The molecule has 0 bridgehead atoms. The molecule has 0 spiro atoms. The third kappa shape index (κ3) is 5.38. The van der Waals surface area contributed by atoms with E-state index in [1.165, 1.54) is 12.1 Å². The van der Waals surface area contributed by atoms with Crippen molar-refractivity contribution >= 4 is 16.1 Å². The molecule has 0 aliphatic heterocycles. The zero-order valence-corrected chi connectivity index (χ0v) is 19.0. The Balaban J connectivity index is 1.49. The van der Waals surface area contributed by atoms with Crippen molar-refractivity contribution in [2.75, 3.05) is 6.61 Å². The standard InChI is InChI=1S/C24H28O8S/c25-22(32-19-5-7-21(8-6-19)33(28,29)30)16-31-20-14-17(23(26)9-1-2-10-23)13-18(15-20)24(27)11-3-4-12-24/h5-8,13-15,26-27H,1-4,9-12,16H2,(H,28,29,30). The van der Waals surface area contributed by atoms with Crippen LogP contribution in [0.25, 0.3) is 0 Å². The first-order chi connectivity index (χ1) is 15.6. The van der Waals surface area contributed by atoms with Gasteiger partial charge in [-0.3, -0.25) is 4.55 Å². The molecule has 8 nitrogen and oxygen atoms in total. The molecule has 2 saturated carbocycles. The van der Waals surface area contributed by atoms with Crippen molar-refractivity contribution in [2.24, 2.45) is 0 Å². The van der Waals surface area contributed by atoms with Gasteiger partial charge in [0.05, 0.1) is 16.1 Å². The smallest absolute Gasteiger partial charge is 0.349 e. The molecule has 0 amide bonds. The minimum atomic E-state index is -4.33. The van der Waals surface area contributed by atoms with E-state index in [1.807, 2.05) is 6.07 Å².